The lowest BCUT2D eigenvalue weighted by molar-refractivity contribution is 0.0167. The first kappa shape index (κ1) is 11.1. The number of hydrogen-bond acceptors (Lipinski definition) is 1. The zero-order chi connectivity index (χ0) is 10.8. The van der Waals surface area contributed by atoms with Gasteiger partial charge in [-0.05, 0) is 11.6 Å². The van der Waals surface area contributed by atoms with E-state index >= 15 is 0 Å². The summed E-state index contributed by atoms with van der Waals surface area (Å²) in [7, 11) is 0. The van der Waals surface area contributed by atoms with Crippen molar-refractivity contribution in [3.8, 4) is 6.07 Å². The zero-order valence-electron chi connectivity index (χ0n) is 7.52. The first-order valence-corrected chi connectivity index (χ1v) is 4.78. The maximum absolute atomic E-state index is 12.9. The van der Waals surface area contributed by atoms with Gasteiger partial charge < -0.3 is 0 Å². The molecule has 0 unspecified atom stereocenters. The van der Waals surface area contributed by atoms with Gasteiger partial charge in [-0.25, -0.2) is 8.78 Å². The van der Waals surface area contributed by atoms with E-state index in [4.69, 9.17) is 5.26 Å². The van der Waals surface area contributed by atoms with Crippen LogP contribution in [0, 0.1) is 11.3 Å². The number of rotatable bonds is 2. The predicted molar refractivity (Wildman–Crippen MR) is 53.0 cm³/mol. The van der Waals surface area contributed by atoms with Crippen LogP contribution in [0.1, 0.15) is 18.1 Å². The van der Waals surface area contributed by atoms with E-state index in [-0.39, 0.29) is 12.0 Å². The topological polar surface area (TPSA) is 23.8 Å². The fraction of sp³-hybridized carbons (Fsp3) is 0.300. The highest BCUT2D eigenvalue weighted by Crippen LogP contribution is 2.33. The maximum atomic E-state index is 12.9. The van der Waals surface area contributed by atoms with Crippen molar-refractivity contribution in [2.24, 2.45) is 0 Å². The van der Waals surface area contributed by atoms with Crippen LogP contribution in [0.3, 0.4) is 0 Å². The average Bonchev–Trinajstić information content (AvgIpc) is 2.02. The summed E-state index contributed by atoms with van der Waals surface area (Å²) in [4.78, 5) is 0. The van der Waals surface area contributed by atoms with Crippen molar-refractivity contribution in [2.45, 2.75) is 19.3 Å². The third-order valence-corrected chi connectivity index (χ3v) is 2.45. The van der Waals surface area contributed by atoms with E-state index in [0.717, 1.165) is 12.5 Å². The fourth-order valence-electron chi connectivity index (χ4n) is 1.12. The van der Waals surface area contributed by atoms with E-state index in [1.165, 1.54) is 6.07 Å². The molecule has 0 atom stereocenters. The molecule has 1 rings (SSSR count). The van der Waals surface area contributed by atoms with Crippen molar-refractivity contribution < 1.29 is 8.78 Å². The first-order chi connectivity index (χ1) is 6.45. The lowest BCUT2D eigenvalue weighted by Gasteiger charge is -2.12. The van der Waals surface area contributed by atoms with Gasteiger partial charge in [-0.1, -0.05) is 28.1 Å². The molecule has 0 aliphatic rings. The summed E-state index contributed by atoms with van der Waals surface area (Å²) >= 11 is 3.06. The van der Waals surface area contributed by atoms with Crippen LogP contribution in [0.15, 0.2) is 22.7 Å². The Bertz CT molecular complexity index is 377. The normalized spacial score (nSPS) is 11.1. The maximum Gasteiger partial charge on any atom is 0.271 e. The zero-order valence-corrected chi connectivity index (χ0v) is 9.11. The van der Waals surface area contributed by atoms with E-state index in [2.05, 4.69) is 15.9 Å². The van der Waals surface area contributed by atoms with Crippen molar-refractivity contribution in [3.05, 3.63) is 33.8 Å². The minimum absolute atomic E-state index is 0.0563. The van der Waals surface area contributed by atoms with Crippen LogP contribution in [-0.2, 0) is 12.3 Å². The molecular weight excluding hydrogens is 252 g/mol. The highest BCUT2D eigenvalue weighted by molar-refractivity contribution is 9.10. The SMILES string of the molecule is CC(F)(F)c1ccc(CC#N)cc1Br. The van der Waals surface area contributed by atoms with Crippen molar-refractivity contribution in [3.63, 3.8) is 0 Å². The molecule has 0 saturated carbocycles. The summed E-state index contributed by atoms with van der Waals surface area (Å²) in [5.41, 5.74) is 0.673. The van der Waals surface area contributed by atoms with Crippen LogP contribution in [0.5, 0.6) is 0 Å². The standard InChI is InChI=1S/C10H8BrF2N/c1-10(12,13)8-3-2-7(4-5-14)6-9(8)11/h2-3,6H,4H2,1H3. The second-order valence-corrected chi connectivity index (χ2v) is 3.89. The van der Waals surface area contributed by atoms with Gasteiger partial charge in [0.05, 0.1) is 12.5 Å². The van der Waals surface area contributed by atoms with Crippen LogP contribution >= 0.6 is 15.9 Å². The molecular formula is C10H8BrF2N. The summed E-state index contributed by atoms with van der Waals surface area (Å²) in [6.07, 6.45) is 0.230. The lowest BCUT2D eigenvalue weighted by atomic mass is 10.1. The fourth-order valence-corrected chi connectivity index (χ4v) is 1.89. The van der Waals surface area contributed by atoms with E-state index in [1.54, 1.807) is 12.1 Å². The number of halogens is 3. The van der Waals surface area contributed by atoms with Crippen LogP contribution in [0.25, 0.3) is 0 Å². The number of alkyl halides is 2. The van der Waals surface area contributed by atoms with E-state index in [0.29, 0.717) is 4.47 Å². The Hall–Kier alpha value is -0.950. The quantitative estimate of drug-likeness (QED) is 0.796. The van der Waals surface area contributed by atoms with Crippen LogP contribution < -0.4 is 0 Å². The van der Waals surface area contributed by atoms with Gasteiger partial charge in [0.25, 0.3) is 5.92 Å². The molecule has 0 aliphatic carbocycles. The monoisotopic (exact) mass is 259 g/mol. The van der Waals surface area contributed by atoms with Gasteiger partial charge in [-0.15, -0.1) is 0 Å². The number of benzene rings is 1. The summed E-state index contributed by atoms with van der Waals surface area (Å²) < 4.78 is 26.2. The van der Waals surface area contributed by atoms with Crippen molar-refractivity contribution >= 4 is 15.9 Å². The molecule has 1 aromatic carbocycles. The molecule has 0 aliphatic heterocycles. The van der Waals surface area contributed by atoms with Crippen LogP contribution in [-0.4, -0.2) is 0 Å². The molecule has 14 heavy (non-hydrogen) atoms. The van der Waals surface area contributed by atoms with Gasteiger partial charge in [0.2, 0.25) is 0 Å². The Balaban J connectivity index is 3.09. The highest BCUT2D eigenvalue weighted by atomic mass is 79.9. The third kappa shape index (κ3) is 2.52. The molecule has 1 nitrogen and oxygen atoms in total. The van der Waals surface area contributed by atoms with Gasteiger partial charge >= 0.3 is 0 Å². The third-order valence-electron chi connectivity index (χ3n) is 1.79. The van der Waals surface area contributed by atoms with Gasteiger partial charge in [0, 0.05) is 17.0 Å². The Morgan fingerprint density at radius 3 is 2.57 bits per heavy atom. The second kappa shape index (κ2) is 4.05. The minimum Gasteiger partial charge on any atom is -0.202 e. The second-order valence-electron chi connectivity index (χ2n) is 3.04. The van der Waals surface area contributed by atoms with Gasteiger partial charge in [-0.2, -0.15) is 5.26 Å². The van der Waals surface area contributed by atoms with Gasteiger partial charge in [0.1, 0.15) is 0 Å². The molecule has 74 valence electrons. The Morgan fingerprint density at radius 1 is 1.50 bits per heavy atom. The van der Waals surface area contributed by atoms with E-state index in [1.807, 2.05) is 6.07 Å². The smallest absolute Gasteiger partial charge is 0.202 e. The molecule has 0 radical (unpaired) electrons. The summed E-state index contributed by atoms with van der Waals surface area (Å²) in [6.45, 7) is 0.844. The number of hydrogen-bond donors (Lipinski definition) is 0. The minimum atomic E-state index is -2.86. The Morgan fingerprint density at radius 2 is 2.14 bits per heavy atom. The van der Waals surface area contributed by atoms with Crippen molar-refractivity contribution in [2.75, 3.05) is 0 Å². The van der Waals surface area contributed by atoms with Crippen LogP contribution in [0.2, 0.25) is 0 Å². The molecule has 0 aromatic heterocycles. The molecule has 4 heteroatoms. The number of nitriles is 1. The van der Waals surface area contributed by atoms with Crippen molar-refractivity contribution in [1.82, 2.24) is 0 Å². The summed E-state index contributed by atoms with van der Waals surface area (Å²) in [6, 6.07) is 6.40. The first-order valence-electron chi connectivity index (χ1n) is 3.99. The predicted octanol–water partition coefficient (Wildman–Crippen LogP) is 3.63. The number of nitrogens with zero attached hydrogens (tertiary/aromatic N) is 1. The van der Waals surface area contributed by atoms with E-state index in [9.17, 15) is 8.78 Å². The van der Waals surface area contributed by atoms with Crippen LogP contribution in [0.4, 0.5) is 8.78 Å². The molecule has 0 heterocycles. The Kier molecular flexibility index (Phi) is 3.22. The Labute approximate surface area is 89.5 Å². The molecule has 0 amide bonds. The molecule has 1 aromatic rings. The summed E-state index contributed by atoms with van der Waals surface area (Å²) in [5, 5.41) is 8.43. The van der Waals surface area contributed by atoms with Gasteiger partial charge in [-0.3, -0.25) is 0 Å². The molecule has 0 saturated heterocycles. The van der Waals surface area contributed by atoms with E-state index < -0.39 is 5.92 Å². The molecule has 0 fully saturated rings. The summed E-state index contributed by atoms with van der Waals surface area (Å²) in [5.74, 6) is -2.86. The highest BCUT2D eigenvalue weighted by Gasteiger charge is 2.26. The van der Waals surface area contributed by atoms with Gasteiger partial charge in [0.15, 0.2) is 0 Å². The largest absolute Gasteiger partial charge is 0.271 e. The molecule has 0 spiro atoms. The van der Waals surface area contributed by atoms with Crippen molar-refractivity contribution in [1.29, 1.82) is 5.26 Å². The average molecular weight is 260 g/mol. The molecule has 0 bridgehead atoms. The lowest BCUT2D eigenvalue weighted by Crippen LogP contribution is -2.08. The molecule has 0 N–H and O–H groups in total.